The third kappa shape index (κ3) is 2.64. The van der Waals surface area contributed by atoms with E-state index in [4.69, 9.17) is 11.5 Å². The van der Waals surface area contributed by atoms with Crippen molar-refractivity contribution in [2.45, 2.75) is 9.79 Å². The predicted octanol–water partition coefficient (Wildman–Crippen LogP) is 1.50. The van der Waals surface area contributed by atoms with Crippen LogP contribution in [-0.2, 0) is 9.84 Å². The number of anilines is 2. The molecule has 11 heteroatoms. The molecule has 2 aromatic rings. The van der Waals surface area contributed by atoms with Gasteiger partial charge in [-0.15, -0.1) is 0 Å². The molecule has 10 nitrogen and oxygen atoms in total. The molecule has 0 fully saturated rings. The molecule has 23 heavy (non-hydrogen) atoms. The number of hydrogen-bond donors (Lipinski definition) is 2. The first-order valence-corrected chi connectivity index (χ1v) is 7.47. The Morgan fingerprint density at radius 1 is 0.783 bits per heavy atom. The highest BCUT2D eigenvalue weighted by atomic mass is 32.2. The molecule has 0 bridgehead atoms. The Morgan fingerprint density at radius 3 is 1.57 bits per heavy atom. The van der Waals surface area contributed by atoms with Gasteiger partial charge in [0, 0.05) is 12.1 Å². The second-order valence-corrected chi connectivity index (χ2v) is 6.23. The second-order valence-electron chi connectivity index (χ2n) is 4.41. The van der Waals surface area contributed by atoms with Crippen molar-refractivity contribution in [3.8, 4) is 0 Å². The Balaban J connectivity index is 2.95. The molecule has 0 saturated heterocycles. The highest BCUT2D eigenvalue weighted by Crippen LogP contribution is 2.40. The molecule has 0 unspecified atom stereocenters. The molecular weight excluding hydrogens is 328 g/mol. The van der Waals surface area contributed by atoms with Crippen molar-refractivity contribution in [2.24, 2.45) is 0 Å². The van der Waals surface area contributed by atoms with Crippen LogP contribution in [0.25, 0.3) is 0 Å². The largest absolute Gasteiger partial charge is 0.398 e. The average Bonchev–Trinajstić information content (AvgIpc) is 2.45. The van der Waals surface area contributed by atoms with E-state index in [1.54, 1.807) is 0 Å². The summed E-state index contributed by atoms with van der Waals surface area (Å²) in [5.74, 6) is 0. The van der Waals surface area contributed by atoms with E-state index in [0.29, 0.717) is 0 Å². The van der Waals surface area contributed by atoms with Crippen molar-refractivity contribution >= 4 is 32.6 Å². The third-order valence-electron chi connectivity index (χ3n) is 2.98. The first-order valence-electron chi connectivity index (χ1n) is 5.98. The molecule has 4 N–H and O–H groups in total. The summed E-state index contributed by atoms with van der Waals surface area (Å²) >= 11 is 0. The molecule has 0 amide bonds. The van der Waals surface area contributed by atoms with Crippen molar-refractivity contribution < 1.29 is 18.3 Å². The normalized spacial score (nSPS) is 11.1. The fourth-order valence-electron chi connectivity index (χ4n) is 2.06. The number of nitrogen functional groups attached to an aromatic ring is 2. The molecule has 120 valence electrons. The van der Waals surface area contributed by atoms with Crippen LogP contribution in [0.2, 0.25) is 0 Å². The first-order chi connectivity index (χ1) is 10.7. The summed E-state index contributed by atoms with van der Waals surface area (Å²) < 4.78 is 25.5. The summed E-state index contributed by atoms with van der Waals surface area (Å²) in [5, 5.41) is 22.2. The number of nitrogens with zero attached hydrogens (tertiary/aromatic N) is 2. The molecule has 0 aliphatic heterocycles. The zero-order valence-corrected chi connectivity index (χ0v) is 12.2. The maximum absolute atomic E-state index is 12.8. The highest BCUT2D eigenvalue weighted by molar-refractivity contribution is 7.92. The molecule has 2 rings (SSSR count). The van der Waals surface area contributed by atoms with Crippen LogP contribution in [0.3, 0.4) is 0 Å². The van der Waals surface area contributed by atoms with Gasteiger partial charge in [-0.3, -0.25) is 20.2 Å². The molecule has 0 spiro atoms. The molecule has 0 saturated carbocycles. The zero-order valence-electron chi connectivity index (χ0n) is 11.4. The fourth-order valence-corrected chi connectivity index (χ4v) is 3.86. The maximum atomic E-state index is 12.8. The Hall–Kier alpha value is -3.21. The molecule has 0 atom stereocenters. The lowest BCUT2D eigenvalue weighted by atomic mass is 10.3. The van der Waals surface area contributed by atoms with Crippen LogP contribution in [-0.4, -0.2) is 18.3 Å². The van der Waals surface area contributed by atoms with Crippen molar-refractivity contribution in [3.05, 3.63) is 56.6 Å². The van der Waals surface area contributed by atoms with Gasteiger partial charge in [0.05, 0.1) is 21.2 Å². The Morgan fingerprint density at radius 2 is 1.17 bits per heavy atom. The molecule has 2 aromatic carbocycles. The summed E-state index contributed by atoms with van der Waals surface area (Å²) in [5.41, 5.74) is 8.81. The van der Waals surface area contributed by atoms with Gasteiger partial charge in [-0.2, -0.15) is 0 Å². The van der Waals surface area contributed by atoms with Crippen LogP contribution in [0.4, 0.5) is 22.7 Å². The van der Waals surface area contributed by atoms with E-state index in [1.165, 1.54) is 18.2 Å². The smallest absolute Gasteiger partial charge is 0.295 e. The van der Waals surface area contributed by atoms with Gasteiger partial charge in [0.15, 0.2) is 0 Å². The van der Waals surface area contributed by atoms with Gasteiger partial charge < -0.3 is 11.5 Å². The minimum absolute atomic E-state index is 0.266. The number of nitrogens with two attached hydrogens (primary N) is 2. The number of hydrogen-bond acceptors (Lipinski definition) is 8. The van der Waals surface area contributed by atoms with Crippen molar-refractivity contribution in [1.82, 2.24) is 0 Å². The van der Waals surface area contributed by atoms with Gasteiger partial charge in [-0.1, -0.05) is 6.07 Å². The number of nitro groups is 2. The lowest BCUT2D eigenvalue weighted by Gasteiger charge is -2.10. The van der Waals surface area contributed by atoms with Crippen LogP contribution < -0.4 is 11.5 Å². The van der Waals surface area contributed by atoms with E-state index < -0.39 is 40.8 Å². The van der Waals surface area contributed by atoms with Gasteiger partial charge in [0.1, 0.15) is 4.90 Å². The van der Waals surface area contributed by atoms with Gasteiger partial charge in [-0.25, -0.2) is 8.42 Å². The van der Waals surface area contributed by atoms with E-state index in [-0.39, 0.29) is 11.4 Å². The summed E-state index contributed by atoms with van der Waals surface area (Å²) in [4.78, 5) is 18.5. The molecule has 0 radical (unpaired) electrons. The molecule has 0 aliphatic carbocycles. The first kappa shape index (κ1) is 16.2. The molecule has 0 aromatic heterocycles. The van der Waals surface area contributed by atoms with E-state index >= 15 is 0 Å². The van der Waals surface area contributed by atoms with E-state index in [0.717, 1.165) is 18.2 Å². The SMILES string of the molecule is Nc1cccc(N)c1S(=O)(=O)c1c([N+](=O)[O-])cccc1[N+](=O)[O-]. The summed E-state index contributed by atoms with van der Waals surface area (Å²) in [6, 6.07) is 6.57. The molecule has 0 heterocycles. The number of nitro benzene ring substituents is 2. The minimum atomic E-state index is -4.68. The Bertz CT molecular complexity index is 873. The van der Waals surface area contributed by atoms with Gasteiger partial charge >= 0.3 is 0 Å². The predicted molar refractivity (Wildman–Crippen MR) is 80.5 cm³/mol. The second kappa shape index (κ2) is 5.53. The van der Waals surface area contributed by atoms with E-state index in [2.05, 4.69) is 0 Å². The van der Waals surface area contributed by atoms with E-state index in [9.17, 15) is 28.6 Å². The Labute approximate surface area is 129 Å². The van der Waals surface area contributed by atoms with E-state index in [1.807, 2.05) is 0 Å². The Kier molecular flexibility index (Phi) is 3.89. The minimum Gasteiger partial charge on any atom is -0.398 e. The monoisotopic (exact) mass is 338 g/mol. The van der Waals surface area contributed by atoms with Crippen LogP contribution >= 0.6 is 0 Å². The quantitative estimate of drug-likeness (QED) is 0.479. The van der Waals surface area contributed by atoms with Gasteiger partial charge in [0.25, 0.3) is 11.4 Å². The lowest BCUT2D eigenvalue weighted by molar-refractivity contribution is -0.399. The third-order valence-corrected chi connectivity index (χ3v) is 4.94. The average molecular weight is 338 g/mol. The van der Waals surface area contributed by atoms with Crippen LogP contribution in [0, 0.1) is 20.2 Å². The summed E-state index contributed by atoms with van der Waals surface area (Å²) in [6.45, 7) is 0. The maximum Gasteiger partial charge on any atom is 0.295 e. The van der Waals surface area contributed by atoms with Crippen molar-refractivity contribution in [1.29, 1.82) is 0 Å². The van der Waals surface area contributed by atoms with Crippen LogP contribution in [0.5, 0.6) is 0 Å². The topological polar surface area (TPSA) is 172 Å². The molecule has 0 aliphatic rings. The summed E-state index contributed by atoms with van der Waals surface area (Å²) in [6.07, 6.45) is 0. The van der Waals surface area contributed by atoms with Gasteiger partial charge in [0.2, 0.25) is 14.7 Å². The zero-order chi connectivity index (χ0) is 17.4. The number of rotatable bonds is 4. The lowest BCUT2D eigenvalue weighted by Crippen LogP contribution is -2.12. The van der Waals surface area contributed by atoms with Crippen molar-refractivity contribution in [3.63, 3.8) is 0 Å². The van der Waals surface area contributed by atoms with Crippen molar-refractivity contribution in [2.75, 3.05) is 11.5 Å². The number of benzene rings is 2. The highest BCUT2D eigenvalue weighted by Gasteiger charge is 2.38. The molecular formula is C12H10N4O6S. The fraction of sp³-hybridized carbons (Fsp3) is 0. The van der Waals surface area contributed by atoms with Crippen LogP contribution in [0.1, 0.15) is 0 Å². The summed E-state index contributed by atoms with van der Waals surface area (Å²) in [7, 11) is -4.68. The standard InChI is InChI=1S/C12H10N4O6S/c13-7-3-1-4-8(14)11(7)23(21,22)12-9(15(17)18)5-2-6-10(12)16(19)20/h1-6H,13-14H2. The van der Waals surface area contributed by atoms with Crippen LogP contribution in [0.15, 0.2) is 46.2 Å². The van der Waals surface area contributed by atoms with Gasteiger partial charge in [-0.05, 0) is 18.2 Å². The number of sulfone groups is 1.